The highest BCUT2D eigenvalue weighted by atomic mass is 16.5. The topological polar surface area (TPSA) is 67.9 Å². The number of carbonyl (C=O) groups is 2. The zero-order chi connectivity index (χ0) is 32.0. The number of unbranched alkanes of at least 4 members (excludes halogenated alkanes) is 1. The molecule has 0 aromatic carbocycles. The van der Waals surface area contributed by atoms with Crippen LogP contribution in [0.3, 0.4) is 0 Å². The minimum absolute atomic E-state index is 0.0342. The van der Waals surface area contributed by atoms with E-state index in [-0.39, 0.29) is 36.2 Å². The van der Waals surface area contributed by atoms with Crippen LogP contribution in [0.5, 0.6) is 0 Å². The summed E-state index contributed by atoms with van der Waals surface area (Å²) in [4.78, 5) is 27.5. The van der Waals surface area contributed by atoms with Crippen LogP contribution in [-0.4, -0.2) is 62.3 Å². The molecule has 1 heterocycles. The van der Waals surface area contributed by atoms with Gasteiger partial charge < -0.3 is 14.8 Å². The van der Waals surface area contributed by atoms with Gasteiger partial charge in [0.25, 0.3) is 0 Å². The third kappa shape index (κ3) is 8.37. The number of fused-ring (bicyclic) bond motifs is 5. The lowest BCUT2D eigenvalue weighted by Gasteiger charge is -2.58. The molecule has 6 heteroatoms. The number of allylic oxidation sites excluding steroid dienone is 1. The summed E-state index contributed by atoms with van der Waals surface area (Å²) >= 11 is 0. The zero-order valence-electron chi connectivity index (χ0n) is 29.5. The second-order valence-electron chi connectivity index (χ2n) is 16.7. The molecule has 1 N–H and O–H groups in total. The normalized spacial score (nSPS) is 35.6. The van der Waals surface area contributed by atoms with Gasteiger partial charge in [0, 0.05) is 32.5 Å². The molecule has 0 radical (unpaired) electrons. The Kier molecular flexibility index (Phi) is 12.2. The van der Waals surface area contributed by atoms with Crippen molar-refractivity contribution in [2.75, 3.05) is 39.4 Å². The number of hydrogen-bond acceptors (Lipinski definition) is 5. The summed E-state index contributed by atoms with van der Waals surface area (Å²) < 4.78 is 11.4. The molecule has 6 nitrogen and oxygen atoms in total. The number of nitrogens with zero attached hydrogens (tertiary/aromatic N) is 1. The fraction of sp³-hybridized carbons (Fsp3) is 0.897. The largest absolute Gasteiger partial charge is 0.462 e. The molecule has 45 heavy (non-hydrogen) atoms. The molecule has 3 saturated carbocycles. The van der Waals surface area contributed by atoms with E-state index in [0.29, 0.717) is 12.0 Å². The highest BCUT2D eigenvalue weighted by Gasteiger charge is 2.59. The minimum atomic E-state index is -0.215. The zero-order valence-corrected chi connectivity index (χ0v) is 29.5. The van der Waals surface area contributed by atoms with E-state index in [2.05, 4.69) is 50.9 Å². The molecular weight excluding hydrogens is 560 g/mol. The first-order chi connectivity index (χ1) is 21.6. The van der Waals surface area contributed by atoms with Gasteiger partial charge in [-0.05, 0) is 111 Å². The van der Waals surface area contributed by atoms with E-state index in [1.807, 2.05) is 0 Å². The molecule has 1 saturated heterocycles. The van der Waals surface area contributed by atoms with Crippen molar-refractivity contribution in [3.63, 3.8) is 0 Å². The van der Waals surface area contributed by atoms with E-state index in [4.69, 9.17) is 9.47 Å². The molecule has 5 aliphatic rings. The van der Waals surface area contributed by atoms with Gasteiger partial charge in [0.1, 0.15) is 6.10 Å². The van der Waals surface area contributed by atoms with Gasteiger partial charge in [-0.2, -0.15) is 0 Å². The second-order valence-corrected chi connectivity index (χ2v) is 16.7. The highest BCUT2D eigenvalue weighted by Crippen LogP contribution is 2.67. The van der Waals surface area contributed by atoms with Crippen LogP contribution in [0.2, 0.25) is 0 Å². The Bertz CT molecular complexity index is 1020. The van der Waals surface area contributed by atoms with Crippen molar-refractivity contribution in [3.05, 3.63) is 11.6 Å². The van der Waals surface area contributed by atoms with E-state index in [9.17, 15) is 9.59 Å². The lowest BCUT2D eigenvalue weighted by atomic mass is 9.47. The van der Waals surface area contributed by atoms with Crippen molar-refractivity contribution in [2.24, 2.45) is 46.3 Å². The van der Waals surface area contributed by atoms with Gasteiger partial charge in [0.2, 0.25) is 5.91 Å². The Hall–Kier alpha value is -1.40. The molecule has 5 rings (SSSR count). The smallest absolute Gasteiger partial charge is 0.306 e. The Morgan fingerprint density at radius 2 is 1.78 bits per heavy atom. The van der Waals surface area contributed by atoms with Crippen molar-refractivity contribution in [1.29, 1.82) is 0 Å². The predicted octanol–water partition coefficient (Wildman–Crippen LogP) is 7.95. The van der Waals surface area contributed by atoms with Crippen molar-refractivity contribution in [1.82, 2.24) is 10.2 Å². The Balaban J connectivity index is 1.04. The third-order valence-electron chi connectivity index (χ3n) is 13.4. The van der Waals surface area contributed by atoms with Gasteiger partial charge in [-0.1, -0.05) is 65.5 Å². The van der Waals surface area contributed by atoms with Crippen LogP contribution in [0.15, 0.2) is 11.6 Å². The lowest BCUT2D eigenvalue weighted by molar-refractivity contribution is -0.152. The van der Waals surface area contributed by atoms with Crippen LogP contribution < -0.4 is 5.32 Å². The monoisotopic (exact) mass is 627 g/mol. The van der Waals surface area contributed by atoms with E-state index in [1.165, 1.54) is 51.4 Å². The molecule has 8 atom stereocenters. The van der Waals surface area contributed by atoms with Crippen LogP contribution in [-0.2, 0) is 19.1 Å². The maximum atomic E-state index is 12.7. The minimum Gasteiger partial charge on any atom is -0.462 e. The van der Waals surface area contributed by atoms with E-state index >= 15 is 0 Å². The summed E-state index contributed by atoms with van der Waals surface area (Å²) in [5.74, 6) is 4.78. The van der Waals surface area contributed by atoms with E-state index < -0.39 is 0 Å². The third-order valence-corrected chi connectivity index (χ3v) is 13.4. The Morgan fingerprint density at radius 3 is 2.56 bits per heavy atom. The standard InChI is InChI=1S/C39H66N2O4/c1-28(2)9-8-10-29(3)33-13-14-34-32-12-11-30-27-31(17-19-38(30,4)35(32)18-20-39(33,34)5)45-37(43)16-15-36(42)40-21-6-7-22-41-23-25-44-26-24-41/h11,28-29,31-35H,6-10,12-27H2,1-5H3,(H,40,42)/t29-,31+,32?,33?,34+,35?,38+,39-/m1/s1. The van der Waals surface area contributed by atoms with Gasteiger partial charge >= 0.3 is 5.97 Å². The number of esters is 1. The van der Waals surface area contributed by atoms with Gasteiger partial charge in [-0.3, -0.25) is 14.5 Å². The summed E-state index contributed by atoms with van der Waals surface area (Å²) in [5.41, 5.74) is 2.33. The van der Waals surface area contributed by atoms with Crippen molar-refractivity contribution in [3.8, 4) is 0 Å². The number of morpholine rings is 1. The number of hydrogen-bond donors (Lipinski definition) is 1. The maximum Gasteiger partial charge on any atom is 0.306 e. The first kappa shape index (κ1) is 34.9. The number of amides is 1. The summed E-state index contributed by atoms with van der Waals surface area (Å²) in [7, 11) is 0. The Morgan fingerprint density at radius 1 is 0.978 bits per heavy atom. The molecule has 4 aliphatic carbocycles. The molecule has 0 bridgehead atoms. The van der Waals surface area contributed by atoms with Gasteiger partial charge in [0.05, 0.1) is 19.6 Å². The van der Waals surface area contributed by atoms with Crippen LogP contribution in [0, 0.1) is 46.3 Å². The van der Waals surface area contributed by atoms with E-state index in [0.717, 1.165) is 100 Å². The van der Waals surface area contributed by atoms with Crippen LogP contribution in [0.1, 0.15) is 131 Å². The van der Waals surface area contributed by atoms with Crippen molar-refractivity contribution in [2.45, 2.75) is 137 Å². The average molecular weight is 627 g/mol. The molecule has 0 aromatic heterocycles. The fourth-order valence-corrected chi connectivity index (χ4v) is 10.8. The second kappa shape index (κ2) is 15.7. The van der Waals surface area contributed by atoms with Gasteiger partial charge in [0.15, 0.2) is 0 Å². The van der Waals surface area contributed by atoms with Gasteiger partial charge in [-0.25, -0.2) is 0 Å². The molecule has 1 amide bonds. The number of ether oxygens (including phenoxy) is 2. The molecule has 4 fully saturated rings. The SMILES string of the molecule is CC(C)CCC[C@@H](C)C1CC[C@H]2C3CC=C4C[C@@H](OC(=O)CCC(=O)NCCCCN5CCOCC5)CC[C@]4(C)C3CC[C@]12C. The first-order valence-corrected chi connectivity index (χ1v) is 19.1. The summed E-state index contributed by atoms with van der Waals surface area (Å²) in [6.45, 7) is 17.9. The number of nitrogens with one attached hydrogen (secondary N) is 1. The van der Waals surface area contributed by atoms with Crippen molar-refractivity contribution >= 4 is 11.9 Å². The lowest BCUT2D eigenvalue weighted by Crippen LogP contribution is -2.51. The molecule has 256 valence electrons. The van der Waals surface area contributed by atoms with Crippen LogP contribution >= 0.6 is 0 Å². The highest BCUT2D eigenvalue weighted by molar-refractivity contribution is 5.81. The molecule has 3 unspecified atom stereocenters. The summed E-state index contributed by atoms with van der Waals surface area (Å²) in [6, 6.07) is 0. The molecule has 1 aliphatic heterocycles. The first-order valence-electron chi connectivity index (χ1n) is 19.1. The fourth-order valence-electron chi connectivity index (χ4n) is 10.8. The molecule has 0 spiro atoms. The van der Waals surface area contributed by atoms with E-state index in [1.54, 1.807) is 5.57 Å². The maximum absolute atomic E-state index is 12.7. The molecule has 0 aromatic rings. The quantitative estimate of drug-likeness (QED) is 0.120. The van der Waals surface area contributed by atoms with Crippen molar-refractivity contribution < 1.29 is 19.1 Å². The van der Waals surface area contributed by atoms with Gasteiger partial charge in [-0.15, -0.1) is 0 Å². The molecular formula is C39H66N2O4. The average Bonchev–Trinajstić information content (AvgIpc) is 3.37. The van der Waals surface area contributed by atoms with Crippen LogP contribution in [0.4, 0.5) is 0 Å². The van der Waals surface area contributed by atoms with Crippen LogP contribution in [0.25, 0.3) is 0 Å². The Labute approximate surface area is 275 Å². The number of rotatable bonds is 14. The summed E-state index contributed by atoms with van der Waals surface area (Å²) in [6.07, 6.45) is 19.0. The summed E-state index contributed by atoms with van der Waals surface area (Å²) in [5, 5.41) is 2.99. The predicted molar refractivity (Wildman–Crippen MR) is 182 cm³/mol. The number of carbonyl (C=O) groups excluding carboxylic acids is 2.